The minimum absolute atomic E-state index is 0.107. The molecule has 0 aliphatic carbocycles. The Morgan fingerprint density at radius 3 is 2.80 bits per heavy atom. The van der Waals surface area contributed by atoms with Gasteiger partial charge in [-0.15, -0.1) is 0 Å². The minimum Gasteiger partial charge on any atom is -0.486 e. The van der Waals surface area contributed by atoms with Gasteiger partial charge in [0.05, 0.1) is 35.4 Å². The second-order valence-corrected chi connectivity index (χ2v) is 10.5. The van der Waals surface area contributed by atoms with Gasteiger partial charge in [0.15, 0.2) is 17.0 Å². The van der Waals surface area contributed by atoms with Crippen molar-refractivity contribution >= 4 is 22.4 Å². The van der Waals surface area contributed by atoms with Crippen molar-refractivity contribution in [3.8, 4) is 5.75 Å². The maximum absolute atomic E-state index is 14.6. The molecule has 5 heterocycles. The fourth-order valence-corrected chi connectivity index (χ4v) is 5.46. The van der Waals surface area contributed by atoms with Gasteiger partial charge in [0.1, 0.15) is 12.4 Å². The topological polar surface area (TPSA) is 89.5 Å². The zero-order valence-electron chi connectivity index (χ0n) is 22.4. The number of benzene rings is 1. The number of anilines is 2. The molecule has 40 heavy (non-hydrogen) atoms. The Bertz CT molecular complexity index is 1680. The predicted molar refractivity (Wildman–Crippen MR) is 150 cm³/mol. The molecule has 8 nitrogen and oxygen atoms in total. The van der Waals surface area contributed by atoms with Crippen LogP contribution in [0, 0.1) is 18.6 Å². The van der Waals surface area contributed by atoms with E-state index < -0.39 is 11.6 Å². The fraction of sp³-hybridized carbons (Fsp3) is 0.300. The Morgan fingerprint density at radius 2 is 2.02 bits per heavy atom. The molecule has 0 saturated heterocycles. The summed E-state index contributed by atoms with van der Waals surface area (Å²) in [5.74, 6) is -1.97. The summed E-state index contributed by atoms with van der Waals surface area (Å²) >= 11 is 0. The molecule has 206 valence electrons. The first kappa shape index (κ1) is 25.8. The first-order valence-corrected chi connectivity index (χ1v) is 13.3. The second kappa shape index (κ2) is 10.3. The molecule has 2 aliphatic rings. The molecular formula is C30H30F2N6O2. The SMILES string of the molecule is Cc1ccc(N2CCC=C(N(Cc3ccnc(N)c3)Cc3cn4c5c(c(F)c(F)cc5c3=O)OCC4C)C2)cn1. The molecule has 0 amide bonds. The number of nitrogens with two attached hydrogens (primary N) is 1. The van der Waals surface area contributed by atoms with E-state index in [0.717, 1.165) is 41.7 Å². The van der Waals surface area contributed by atoms with E-state index in [9.17, 15) is 13.6 Å². The van der Waals surface area contributed by atoms with E-state index in [1.165, 1.54) is 0 Å². The first-order chi connectivity index (χ1) is 19.3. The molecule has 0 spiro atoms. The number of ether oxygens (including phenoxy) is 1. The van der Waals surface area contributed by atoms with Gasteiger partial charge in [0.25, 0.3) is 0 Å². The van der Waals surface area contributed by atoms with Crippen molar-refractivity contribution in [3.63, 3.8) is 0 Å². The third kappa shape index (κ3) is 4.74. The Morgan fingerprint density at radius 1 is 1.18 bits per heavy atom. The number of nitrogen functional groups attached to an aromatic ring is 1. The van der Waals surface area contributed by atoms with E-state index in [1.54, 1.807) is 12.4 Å². The number of aryl methyl sites for hydroxylation is 1. The zero-order valence-corrected chi connectivity index (χ0v) is 22.4. The van der Waals surface area contributed by atoms with Gasteiger partial charge in [-0.2, -0.15) is 4.39 Å². The highest BCUT2D eigenvalue weighted by atomic mass is 19.2. The second-order valence-electron chi connectivity index (χ2n) is 10.5. The van der Waals surface area contributed by atoms with Crippen molar-refractivity contribution in [1.82, 2.24) is 19.4 Å². The van der Waals surface area contributed by atoms with Crippen molar-refractivity contribution in [2.45, 2.75) is 39.4 Å². The summed E-state index contributed by atoms with van der Waals surface area (Å²) in [5.41, 5.74) is 10.4. The lowest BCUT2D eigenvalue weighted by atomic mass is 10.1. The Labute approximate surface area is 230 Å². The third-order valence-electron chi connectivity index (χ3n) is 7.56. The number of nitrogens with zero attached hydrogens (tertiary/aromatic N) is 5. The lowest BCUT2D eigenvalue weighted by Crippen LogP contribution is -2.37. The summed E-state index contributed by atoms with van der Waals surface area (Å²) in [5, 5.41) is 0.107. The minimum atomic E-state index is -1.10. The summed E-state index contributed by atoms with van der Waals surface area (Å²) < 4.78 is 36.4. The fourth-order valence-electron chi connectivity index (χ4n) is 5.46. The van der Waals surface area contributed by atoms with Crippen LogP contribution < -0.4 is 20.8 Å². The maximum atomic E-state index is 14.6. The van der Waals surface area contributed by atoms with Gasteiger partial charge in [-0.3, -0.25) is 9.78 Å². The molecule has 0 saturated carbocycles. The van der Waals surface area contributed by atoms with Gasteiger partial charge >= 0.3 is 0 Å². The molecule has 3 aromatic heterocycles. The van der Waals surface area contributed by atoms with E-state index in [4.69, 9.17) is 10.5 Å². The van der Waals surface area contributed by atoms with Crippen LogP contribution in [0.2, 0.25) is 0 Å². The molecule has 0 radical (unpaired) electrons. The lowest BCUT2D eigenvalue weighted by molar-refractivity contribution is 0.232. The highest BCUT2D eigenvalue weighted by molar-refractivity contribution is 5.86. The van der Waals surface area contributed by atoms with Gasteiger partial charge in [-0.1, -0.05) is 6.08 Å². The summed E-state index contributed by atoms with van der Waals surface area (Å²) in [6.45, 7) is 6.28. The van der Waals surface area contributed by atoms with E-state index in [1.807, 2.05) is 42.8 Å². The van der Waals surface area contributed by atoms with E-state index in [0.29, 0.717) is 24.5 Å². The number of hydrogen-bond donors (Lipinski definition) is 1. The molecule has 1 unspecified atom stereocenters. The summed E-state index contributed by atoms with van der Waals surface area (Å²) in [7, 11) is 0. The highest BCUT2D eigenvalue weighted by Crippen LogP contribution is 2.35. The van der Waals surface area contributed by atoms with Crippen molar-refractivity contribution in [3.05, 3.63) is 99.4 Å². The standard InChI is InChI=1S/C30H30F2N6O2/c1-18-5-6-22(12-35-18)36-9-3-4-23(16-36)37(13-20-7-8-34-26(33)10-20)14-21-15-38-19(2)17-40-30-27(32)25(31)11-24(28(30)38)29(21)39/h4-8,10-12,15,19H,3,9,13-14,16-17H2,1-2H3,(H2,33,34). The molecular weight excluding hydrogens is 514 g/mol. The molecule has 1 aromatic carbocycles. The molecule has 4 aromatic rings. The highest BCUT2D eigenvalue weighted by Gasteiger charge is 2.28. The van der Waals surface area contributed by atoms with Gasteiger partial charge < -0.3 is 24.8 Å². The number of rotatable bonds is 6. The van der Waals surface area contributed by atoms with Gasteiger partial charge in [0.2, 0.25) is 5.82 Å². The number of aromatic nitrogens is 3. The lowest BCUT2D eigenvalue weighted by Gasteiger charge is -2.36. The predicted octanol–water partition coefficient (Wildman–Crippen LogP) is 4.71. The van der Waals surface area contributed by atoms with Crippen molar-refractivity contribution < 1.29 is 13.5 Å². The maximum Gasteiger partial charge on any atom is 0.202 e. The van der Waals surface area contributed by atoms with Crippen LogP contribution in [0.15, 0.2) is 65.5 Å². The largest absolute Gasteiger partial charge is 0.486 e. The van der Waals surface area contributed by atoms with Crippen LogP contribution in [-0.2, 0) is 13.1 Å². The molecule has 0 bridgehead atoms. The Hall–Kier alpha value is -4.47. The summed E-state index contributed by atoms with van der Waals surface area (Å²) in [4.78, 5) is 26.7. The number of pyridine rings is 3. The molecule has 2 N–H and O–H groups in total. The van der Waals surface area contributed by atoms with Crippen LogP contribution in [0.1, 0.15) is 36.2 Å². The quantitative estimate of drug-likeness (QED) is 0.376. The van der Waals surface area contributed by atoms with Crippen LogP contribution in [0.4, 0.5) is 20.3 Å². The van der Waals surface area contributed by atoms with Crippen molar-refractivity contribution in [1.29, 1.82) is 0 Å². The van der Waals surface area contributed by atoms with Gasteiger partial charge in [0, 0.05) is 49.0 Å². The smallest absolute Gasteiger partial charge is 0.202 e. The number of halogens is 2. The normalized spacial score (nSPS) is 16.6. The van der Waals surface area contributed by atoms with Crippen LogP contribution in [-0.4, -0.2) is 39.1 Å². The molecule has 6 rings (SSSR count). The third-order valence-corrected chi connectivity index (χ3v) is 7.56. The number of hydrogen-bond acceptors (Lipinski definition) is 7. The van der Waals surface area contributed by atoms with Crippen LogP contribution in [0.3, 0.4) is 0 Å². The average molecular weight is 545 g/mol. The van der Waals surface area contributed by atoms with E-state index in [-0.39, 0.29) is 41.3 Å². The Balaban J connectivity index is 1.41. The average Bonchev–Trinajstić information content (AvgIpc) is 2.95. The van der Waals surface area contributed by atoms with Crippen molar-refractivity contribution in [2.75, 3.05) is 30.3 Å². The molecule has 0 fully saturated rings. The molecule has 1 atom stereocenters. The molecule has 2 aliphatic heterocycles. The van der Waals surface area contributed by atoms with E-state index in [2.05, 4.69) is 31.9 Å². The monoisotopic (exact) mass is 544 g/mol. The van der Waals surface area contributed by atoms with Gasteiger partial charge in [-0.05, 0) is 56.2 Å². The van der Waals surface area contributed by atoms with Crippen molar-refractivity contribution in [2.24, 2.45) is 0 Å². The summed E-state index contributed by atoms with van der Waals surface area (Å²) in [6, 6.07) is 8.60. The van der Waals surface area contributed by atoms with E-state index >= 15 is 0 Å². The van der Waals surface area contributed by atoms with Crippen LogP contribution >= 0.6 is 0 Å². The van der Waals surface area contributed by atoms with Crippen LogP contribution in [0.5, 0.6) is 5.75 Å². The first-order valence-electron chi connectivity index (χ1n) is 13.3. The molecule has 10 heteroatoms. The van der Waals surface area contributed by atoms with Gasteiger partial charge in [-0.25, -0.2) is 9.37 Å². The zero-order chi connectivity index (χ0) is 28.0. The summed E-state index contributed by atoms with van der Waals surface area (Å²) in [6.07, 6.45) is 8.31. The Kier molecular flexibility index (Phi) is 6.61. The van der Waals surface area contributed by atoms with Crippen LogP contribution in [0.25, 0.3) is 10.9 Å².